The Labute approximate surface area is 123 Å². The summed E-state index contributed by atoms with van der Waals surface area (Å²) in [6.45, 7) is 6.44. The second-order valence-electron chi connectivity index (χ2n) is 7.40. The van der Waals surface area contributed by atoms with E-state index in [1.807, 2.05) is 0 Å². The molecule has 0 saturated heterocycles. The lowest BCUT2D eigenvalue weighted by atomic mass is 9.67. The van der Waals surface area contributed by atoms with Gasteiger partial charge in [0.2, 0.25) is 0 Å². The average molecular weight is 272 g/mol. The Balaban J connectivity index is 1.73. The van der Waals surface area contributed by atoms with Crippen molar-refractivity contribution < 1.29 is 5.11 Å². The number of hydrogen-bond acceptors (Lipinski definition) is 1. The van der Waals surface area contributed by atoms with Crippen LogP contribution >= 0.6 is 0 Å². The molecule has 3 unspecified atom stereocenters. The summed E-state index contributed by atoms with van der Waals surface area (Å²) in [5.41, 5.74) is 4.68. The highest BCUT2D eigenvalue weighted by molar-refractivity contribution is 5.27. The Kier molecular flexibility index (Phi) is 3.90. The molecule has 3 aliphatic carbocycles. The zero-order chi connectivity index (χ0) is 14.2. The Morgan fingerprint density at radius 1 is 1.15 bits per heavy atom. The van der Waals surface area contributed by atoms with Crippen LogP contribution in [-0.4, -0.2) is 11.2 Å². The van der Waals surface area contributed by atoms with E-state index < -0.39 is 0 Å². The van der Waals surface area contributed by atoms with Crippen LogP contribution in [0.4, 0.5) is 0 Å². The first-order valence-corrected chi connectivity index (χ1v) is 8.33. The molecule has 0 heterocycles. The summed E-state index contributed by atoms with van der Waals surface area (Å²) in [5, 5.41) is 9.92. The predicted molar refractivity (Wildman–Crippen MR) is 84.5 cm³/mol. The molecule has 1 N–H and O–H groups in total. The van der Waals surface area contributed by atoms with Crippen LogP contribution in [0.25, 0.3) is 0 Å². The van der Waals surface area contributed by atoms with Crippen LogP contribution in [-0.2, 0) is 0 Å². The standard InChI is InChI=1S/C19H28O/c1-14-7-8-15(13-18(14)20)9-10-16-5-3-11-19(2)12-4-6-17(16)19/h9-10,17-18,20H,1,3-8,11-13H2,2H3/b15-9-,16-10+. The molecule has 0 spiro atoms. The van der Waals surface area contributed by atoms with Crippen LogP contribution in [0.3, 0.4) is 0 Å². The third-order valence-corrected chi connectivity index (χ3v) is 5.97. The van der Waals surface area contributed by atoms with Gasteiger partial charge in [-0.2, -0.15) is 0 Å². The van der Waals surface area contributed by atoms with Crippen molar-refractivity contribution in [2.75, 3.05) is 0 Å². The van der Waals surface area contributed by atoms with Crippen LogP contribution in [0.15, 0.2) is 35.5 Å². The van der Waals surface area contributed by atoms with Gasteiger partial charge in [0.05, 0.1) is 6.10 Å². The van der Waals surface area contributed by atoms with Crippen molar-refractivity contribution in [2.45, 2.75) is 70.8 Å². The van der Waals surface area contributed by atoms with E-state index in [2.05, 4.69) is 25.7 Å². The van der Waals surface area contributed by atoms with Gasteiger partial charge in [-0.25, -0.2) is 0 Å². The molecule has 3 fully saturated rings. The largest absolute Gasteiger partial charge is 0.388 e. The van der Waals surface area contributed by atoms with E-state index in [1.54, 1.807) is 5.57 Å². The van der Waals surface area contributed by atoms with E-state index in [0.29, 0.717) is 5.41 Å². The Morgan fingerprint density at radius 2 is 1.95 bits per heavy atom. The third kappa shape index (κ3) is 2.65. The fourth-order valence-electron chi connectivity index (χ4n) is 4.59. The molecule has 0 aromatic carbocycles. The first-order valence-electron chi connectivity index (χ1n) is 8.33. The van der Waals surface area contributed by atoms with Gasteiger partial charge in [-0.1, -0.05) is 43.2 Å². The molecule has 0 aromatic heterocycles. The van der Waals surface area contributed by atoms with Gasteiger partial charge in [-0.15, -0.1) is 0 Å². The van der Waals surface area contributed by atoms with Gasteiger partial charge in [0.25, 0.3) is 0 Å². The number of aliphatic hydroxyl groups excluding tert-OH is 1. The van der Waals surface area contributed by atoms with Crippen LogP contribution in [0.2, 0.25) is 0 Å². The van der Waals surface area contributed by atoms with Crippen molar-refractivity contribution in [3.63, 3.8) is 0 Å². The first kappa shape index (κ1) is 14.1. The van der Waals surface area contributed by atoms with Gasteiger partial charge in [0, 0.05) is 0 Å². The smallest absolute Gasteiger partial charge is 0.0784 e. The third-order valence-electron chi connectivity index (χ3n) is 5.97. The zero-order valence-corrected chi connectivity index (χ0v) is 12.8. The molecule has 0 aromatic rings. The van der Waals surface area contributed by atoms with Crippen LogP contribution < -0.4 is 0 Å². The molecule has 110 valence electrons. The van der Waals surface area contributed by atoms with E-state index >= 15 is 0 Å². The molecule has 3 aliphatic rings. The number of rotatable bonds is 1. The van der Waals surface area contributed by atoms with Crippen molar-refractivity contribution in [1.82, 2.24) is 0 Å². The van der Waals surface area contributed by atoms with E-state index in [9.17, 15) is 5.11 Å². The summed E-state index contributed by atoms with van der Waals surface area (Å²) in [6, 6.07) is 0. The molecule has 0 bridgehead atoms. The lowest BCUT2D eigenvalue weighted by molar-refractivity contribution is 0.197. The number of fused-ring (bicyclic) bond motifs is 1. The molecule has 1 heteroatoms. The van der Waals surface area contributed by atoms with Crippen LogP contribution in [0.5, 0.6) is 0 Å². The Bertz CT molecular complexity index is 456. The van der Waals surface area contributed by atoms with E-state index in [-0.39, 0.29) is 6.10 Å². The normalized spacial score (nSPS) is 42.2. The van der Waals surface area contributed by atoms with Gasteiger partial charge in [0.15, 0.2) is 0 Å². The molecule has 0 aliphatic heterocycles. The van der Waals surface area contributed by atoms with Crippen molar-refractivity contribution in [2.24, 2.45) is 11.3 Å². The Hall–Kier alpha value is -0.820. The Morgan fingerprint density at radius 3 is 2.75 bits per heavy atom. The van der Waals surface area contributed by atoms with Crippen molar-refractivity contribution in [3.8, 4) is 0 Å². The summed E-state index contributed by atoms with van der Waals surface area (Å²) >= 11 is 0. The highest BCUT2D eigenvalue weighted by atomic mass is 16.3. The van der Waals surface area contributed by atoms with Crippen molar-refractivity contribution in [1.29, 1.82) is 0 Å². The molecule has 3 rings (SSSR count). The van der Waals surface area contributed by atoms with Crippen molar-refractivity contribution in [3.05, 3.63) is 35.5 Å². The minimum absolute atomic E-state index is 0.309. The van der Waals surface area contributed by atoms with Crippen LogP contribution in [0, 0.1) is 11.3 Å². The van der Waals surface area contributed by atoms with E-state index in [4.69, 9.17) is 0 Å². The van der Waals surface area contributed by atoms with Gasteiger partial charge < -0.3 is 5.11 Å². The maximum Gasteiger partial charge on any atom is 0.0784 e. The highest BCUT2D eigenvalue weighted by Crippen LogP contribution is 2.54. The quantitative estimate of drug-likeness (QED) is 0.671. The maximum atomic E-state index is 9.92. The molecule has 3 atom stereocenters. The van der Waals surface area contributed by atoms with Gasteiger partial charge in [0.1, 0.15) is 0 Å². The fraction of sp³-hybridized carbons (Fsp3) is 0.684. The molecule has 3 saturated carbocycles. The summed E-state index contributed by atoms with van der Waals surface area (Å²) < 4.78 is 0. The van der Waals surface area contributed by atoms with E-state index in [1.165, 1.54) is 44.1 Å². The lowest BCUT2D eigenvalue weighted by Crippen LogP contribution is -2.27. The average Bonchev–Trinajstić information content (AvgIpc) is 2.82. The van der Waals surface area contributed by atoms with E-state index in [0.717, 1.165) is 30.8 Å². The highest BCUT2D eigenvalue weighted by Gasteiger charge is 2.42. The minimum atomic E-state index is -0.309. The predicted octanol–water partition coefficient (Wildman–Crippen LogP) is 4.93. The molecular weight excluding hydrogens is 244 g/mol. The SMILES string of the molecule is C=C1CC/C(=C/C=C2\CCCC3(C)CCCC23)CC1O. The first-order chi connectivity index (χ1) is 9.58. The maximum absolute atomic E-state index is 9.92. The molecular formula is C19H28O. The van der Waals surface area contributed by atoms with Crippen LogP contribution in [0.1, 0.15) is 64.7 Å². The zero-order valence-electron chi connectivity index (χ0n) is 12.8. The number of hydrogen-bond donors (Lipinski definition) is 1. The second-order valence-corrected chi connectivity index (χ2v) is 7.40. The number of allylic oxidation sites excluding steroid dienone is 3. The summed E-state index contributed by atoms with van der Waals surface area (Å²) in [5.74, 6) is 0.830. The summed E-state index contributed by atoms with van der Waals surface area (Å²) in [7, 11) is 0. The second kappa shape index (κ2) is 5.52. The molecule has 20 heavy (non-hydrogen) atoms. The fourth-order valence-corrected chi connectivity index (χ4v) is 4.59. The lowest BCUT2D eigenvalue weighted by Gasteiger charge is -2.38. The molecule has 1 nitrogen and oxygen atoms in total. The topological polar surface area (TPSA) is 20.2 Å². The monoisotopic (exact) mass is 272 g/mol. The minimum Gasteiger partial charge on any atom is -0.388 e. The molecule has 0 amide bonds. The summed E-state index contributed by atoms with van der Waals surface area (Å²) in [6.07, 6.45) is 15.5. The van der Waals surface area contributed by atoms with Gasteiger partial charge >= 0.3 is 0 Å². The molecule has 0 radical (unpaired) electrons. The van der Waals surface area contributed by atoms with Gasteiger partial charge in [-0.3, -0.25) is 0 Å². The van der Waals surface area contributed by atoms with Crippen molar-refractivity contribution >= 4 is 0 Å². The number of aliphatic hydroxyl groups is 1. The summed E-state index contributed by atoms with van der Waals surface area (Å²) in [4.78, 5) is 0. The van der Waals surface area contributed by atoms with Gasteiger partial charge in [-0.05, 0) is 68.3 Å².